The molecule has 0 bridgehead atoms. The van der Waals surface area contributed by atoms with Crippen LogP contribution in [-0.4, -0.2) is 44.9 Å². The van der Waals surface area contributed by atoms with Gasteiger partial charge >= 0.3 is 0 Å². The molecule has 6 nitrogen and oxygen atoms in total. The van der Waals surface area contributed by atoms with Gasteiger partial charge in [-0.15, -0.1) is 0 Å². The number of hydrogen-bond donors (Lipinski definition) is 2. The zero-order valence-electron chi connectivity index (χ0n) is 11.9. The smallest absolute Gasteiger partial charge is 0.279 e. The first-order chi connectivity index (χ1) is 9.38. The van der Waals surface area contributed by atoms with Crippen LogP contribution in [-0.2, 0) is 10.2 Å². The Hall–Kier alpha value is -1.31. The molecule has 7 heteroatoms. The van der Waals surface area contributed by atoms with Crippen LogP contribution in [0, 0.1) is 0 Å². The Morgan fingerprint density at radius 3 is 2.15 bits per heavy atom. The van der Waals surface area contributed by atoms with Crippen molar-refractivity contribution in [1.29, 1.82) is 0 Å². The summed E-state index contributed by atoms with van der Waals surface area (Å²) in [5, 5.41) is 0. The molecule has 112 valence electrons. The van der Waals surface area contributed by atoms with E-state index in [0.717, 1.165) is 11.4 Å². The van der Waals surface area contributed by atoms with Crippen LogP contribution in [0.1, 0.15) is 13.8 Å². The maximum absolute atomic E-state index is 12.1. The summed E-state index contributed by atoms with van der Waals surface area (Å²) >= 11 is 0. The van der Waals surface area contributed by atoms with Crippen molar-refractivity contribution in [3.05, 3.63) is 24.3 Å². The largest absolute Gasteiger partial charge is 0.399 e. The first-order valence-electron chi connectivity index (χ1n) is 6.76. The molecule has 0 spiro atoms. The Balaban J connectivity index is 1.97. The number of benzene rings is 1. The van der Waals surface area contributed by atoms with E-state index in [-0.39, 0.29) is 6.04 Å². The van der Waals surface area contributed by atoms with Crippen LogP contribution in [0.15, 0.2) is 24.3 Å². The number of nitrogens with one attached hydrogen (secondary N) is 1. The van der Waals surface area contributed by atoms with E-state index < -0.39 is 10.2 Å². The highest BCUT2D eigenvalue weighted by atomic mass is 32.2. The fraction of sp³-hybridized carbons (Fsp3) is 0.538. The molecular weight excluding hydrogens is 276 g/mol. The third-order valence-corrected chi connectivity index (χ3v) is 5.04. The lowest BCUT2D eigenvalue weighted by Gasteiger charge is -2.35. The topological polar surface area (TPSA) is 78.7 Å². The number of rotatable bonds is 4. The summed E-state index contributed by atoms with van der Waals surface area (Å²) in [6.07, 6.45) is 0. The monoisotopic (exact) mass is 298 g/mol. The zero-order valence-corrected chi connectivity index (χ0v) is 12.7. The maximum Gasteiger partial charge on any atom is 0.279 e. The Labute approximate surface area is 120 Å². The fourth-order valence-electron chi connectivity index (χ4n) is 2.24. The molecule has 0 aromatic heterocycles. The maximum atomic E-state index is 12.1. The Kier molecular flexibility index (Phi) is 4.52. The molecule has 0 aliphatic carbocycles. The normalized spacial score (nSPS) is 17.6. The van der Waals surface area contributed by atoms with Crippen LogP contribution in [0.4, 0.5) is 11.4 Å². The predicted molar refractivity (Wildman–Crippen MR) is 81.8 cm³/mol. The lowest BCUT2D eigenvalue weighted by atomic mass is 10.2. The van der Waals surface area contributed by atoms with Gasteiger partial charge in [0, 0.05) is 43.6 Å². The molecule has 1 aliphatic heterocycles. The van der Waals surface area contributed by atoms with Crippen molar-refractivity contribution in [1.82, 2.24) is 9.03 Å². The molecule has 1 saturated heterocycles. The summed E-state index contributed by atoms with van der Waals surface area (Å²) in [6, 6.07) is 7.56. The van der Waals surface area contributed by atoms with Gasteiger partial charge in [-0.3, -0.25) is 0 Å². The number of nitrogen functional groups attached to an aromatic ring is 1. The highest BCUT2D eigenvalue weighted by molar-refractivity contribution is 7.87. The van der Waals surface area contributed by atoms with E-state index in [2.05, 4.69) is 9.62 Å². The molecule has 0 saturated carbocycles. The molecule has 1 heterocycles. The molecular formula is C13H22N4O2S. The first-order valence-corrected chi connectivity index (χ1v) is 8.20. The zero-order chi connectivity index (χ0) is 14.8. The van der Waals surface area contributed by atoms with Crippen molar-refractivity contribution < 1.29 is 8.42 Å². The molecule has 1 aromatic rings. The van der Waals surface area contributed by atoms with Gasteiger partial charge in [-0.1, -0.05) is 0 Å². The van der Waals surface area contributed by atoms with Gasteiger partial charge in [-0.2, -0.15) is 17.4 Å². The SMILES string of the molecule is CC(C)NS(=O)(=O)N1CCN(c2ccc(N)cc2)CC1. The van der Waals surface area contributed by atoms with Gasteiger partial charge in [0.05, 0.1) is 0 Å². The Morgan fingerprint density at radius 1 is 1.10 bits per heavy atom. The van der Waals surface area contributed by atoms with E-state index in [1.807, 2.05) is 38.1 Å². The molecule has 3 N–H and O–H groups in total. The Morgan fingerprint density at radius 2 is 1.65 bits per heavy atom. The molecule has 0 radical (unpaired) electrons. The summed E-state index contributed by atoms with van der Waals surface area (Å²) in [6.45, 7) is 6.00. The number of anilines is 2. The van der Waals surface area contributed by atoms with E-state index in [1.165, 1.54) is 4.31 Å². The van der Waals surface area contributed by atoms with Crippen molar-refractivity contribution in [3.8, 4) is 0 Å². The van der Waals surface area contributed by atoms with Gasteiger partial charge < -0.3 is 10.6 Å². The minimum absolute atomic E-state index is 0.0878. The molecule has 20 heavy (non-hydrogen) atoms. The van der Waals surface area contributed by atoms with Crippen LogP contribution in [0.2, 0.25) is 0 Å². The second-order valence-electron chi connectivity index (χ2n) is 5.26. The van der Waals surface area contributed by atoms with Crippen LogP contribution in [0.3, 0.4) is 0 Å². The first kappa shape index (κ1) is 15.1. The number of piperazine rings is 1. The lowest BCUT2D eigenvalue weighted by molar-refractivity contribution is 0.376. The summed E-state index contributed by atoms with van der Waals surface area (Å²) in [7, 11) is -3.36. The van der Waals surface area contributed by atoms with Gasteiger partial charge in [0.1, 0.15) is 0 Å². The Bertz CT molecular complexity index is 534. The highest BCUT2D eigenvalue weighted by Crippen LogP contribution is 2.18. The third-order valence-electron chi connectivity index (χ3n) is 3.22. The second-order valence-corrected chi connectivity index (χ2v) is 6.96. The third kappa shape index (κ3) is 3.62. The van der Waals surface area contributed by atoms with E-state index in [1.54, 1.807) is 0 Å². The van der Waals surface area contributed by atoms with Gasteiger partial charge in [0.15, 0.2) is 0 Å². The summed E-state index contributed by atoms with van der Waals surface area (Å²) < 4.78 is 28.2. The van der Waals surface area contributed by atoms with Gasteiger partial charge in [-0.25, -0.2) is 0 Å². The van der Waals surface area contributed by atoms with Crippen molar-refractivity contribution in [2.75, 3.05) is 36.8 Å². The van der Waals surface area contributed by atoms with Gasteiger partial charge in [0.25, 0.3) is 10.2 Å². The van der Waals surface area contributed by atoms with Crippen LogP contribution < -0.4 is 15.4 Å². The molecule has 2 rings (SSSR count). The van der Waals surface area contributed by atoms with Gasteiger partial charge in [-0.05, 0) is 38.1 Å². The number of hydrogen-bond acceptors (Lipinski definition) is 4. The fourth-order valence-corrected chi connectivity index (χ4v) is 3.63. The quantitative estimate of drug-likeness (QED) is 0.799. The van der Waals surface area contributed by atoms with Crippen LogP contribution in [0.5, 0.6) is 0 Å². The van der Waals surface area contributed by atoms with Gasteiger partial charge in [0.2, 0.25) is 0 Å². The number of nitrogens with zero attached hydrogens (tertiary/aromatic N) is 2. The second kappa shape index (κ2) is 5.99. The van der Waals surface area contributed by atoms with Crippen molar-refractivity contribution in [2.24, 2.45) is 0 Å². The molecule has 0 atom stereocenters. The van der Waals surface area contributed by atoms with Crippen LogP contribution >= 0.6 is 0 Å². The summed E-state index contributed by atoms with van der Waals surface area (Å²) in [5.74, 6) is 0. The van der Waals surface area contributed by atoms with E-state index in [0.29, 0.717) is 26.2 Å². The van der Waals surface area contributed by atoms with E-state index in [9.17, 15) is 8.42 Å². The molecule has 1 aliphatic rings. The average Bonchev–Trinajstić information content (AvgIpc) is 2.38. The van der Waals surface area contributed by atoms with E-state index in [4.69, 9.17) is 5.73 Å². The molecule has 1 aromatic carbocycles. The minimum atomic E-state index is -3.36. The average molecular weight is 298 g/mol. The number of nitrogens with two attached hydrogens (primary N) is 1. The standard InChI is InChI=1S/C13H22N4O2S/c1-11(2)15-20(18,19)17-9-7-16(8-10-17)13-5-3-12(14)4-6-13/h3-6,11,15H,7-10,14H2,1-2H3. The minimum Gasteiger partial charge on any atom is -0.399 e. The molecule has 0 unspecified atom stereocenters. The van der Waals surface area contributed by atoms with Crippen molar-refractivity contribution >= 4 is 21.6 Å². The summed E-state index contributed by atoms with van der Waals surface area (Å²) in [5.41, 5.74) is 7.48. The van der Waals surface area contributed by atoms with Crippen molar-refractivity contribution in [3.63, 3.8) is 0 Å². The lowest BCUT2D eigenvalue weighted by Crippen LogP contribution is -2.53. The van der Waals surface area contributed by atoms with E-state index >= 15 is 0 Å². The highest BCUT2D eigenvalue weighted by Gasteiger charge is 2.27. The van der Waals surface area contributed by atoms with Crippen LogP contribution in [0.25, 0.3) is 0 Å². The molecule has 0 amide bonds. The summed E-state index contributed by atoms with van der Waals surface area (Å²) in [4.78, 5) is 2.17. The molecule has 1 fully saturated rings. The predicted octanol–water partition coefficient (Wildman–Crippen LogP) is 0.634. The van der Waals surface area contributed by atoms with Crippen molar-refractivity contribution in [2.45, 2.75) is 19.9 Å².